The number of aromatic carboxylic acids is 1. The lowest BCUT2D eigenvalue weighted by atomic mass is 10.3. The number of anilines is 1. The molecule has 0 bridgehead atoms. The molecule has 1 fully saturated rings. The third-order valence-corrected chi connectivity index (χ3v) is 3.80. The molecule has 0 radical (unpaired) electrons. The van der Waals surface area contributed by atoms with E-state index in [2.05, 4.69) is 4.98 Å². The lowest BCUT2D eigenvalue weighted by Gasteiger charge is -2.34. The molecule has 1 saturated heterocycles. The zero-order valence-corrected chi connectivity index (χ0v) is 10.7. The third kappa shape index (κ3) is 3.80. The Morgan fingerprint density at radius 1 is 1.37 bits per heavy atom. The van der Waals surface area contributed by atoms with E-state index in [-0.39, 0.29) is 4.88 Å². The van der Waals surface area contributed by atoms with Gasteiger partial charge >= 0.3 is 12.1 Å². The van der Waals surface area contributed by atoms with Gasteiger partial charge in [-0.3, -0.25) is 4.90 Å². The molecule has 0 aromatic carbocycles. The minimum Gasteiger partial charge on any atom is -0.477 e. The van der Waals surface area contributed by atoms with Crippen molar-refractivity contribution in [3.05, 3.63) is 11.1 Å². The zero-order valence-electron chi connectivity index (χ0n) is 9.85. The molecule has 1 aromatic heterocycles. The molecular formula is C10H12F3N3O2S. The molecule has 1 aromatic rings. The number of nitrogens with zero attached hydrogens (tertiary/aromatic N) is 3. The molecule has 1 N–H and O–H groups in total. The van der Waals surface area contributed by atoms with Gasteiger partial charge in [0.05, 0.1) is 12.7 Å². The van der Waals surface area contributed by atoms with Crippen LogP contribution >= 0.6 is 11.3 Å². The van der Waals surface area contributed by atoms with E-state index in [9.17, 15) is 18.0 Å². The summed E-state index contributed by atoms with van der Waals surface area (Å²) in [5, 5.41) is 9.33. The van der Waals surface area contributed by atoms with Crippen LogP contribution in [0.2, 0.25) is 0 Å². The molecule has 0 amide bonds. The van der Waals surface area contributed by atoms with E-state index in [1.807, 2.05) is 4.90 Å². The second kappa shape index (κ2) is 5.33. The van der Waals surface area contributed by atoms with Crippen LogP contribution in [0.25, 0.3) is 0 Å². The molecule has 0 atom stereocenters. The van der Waals surface area contributed by atoms with Crippen LogP contribution in [-0.2, 0) is 0 Å². The van der Waals surface area contributed by atoms with Crippen molar-refractivity contribution in [2.24, 2.45) is 0 Å². The molecule has 0 spiro atoms. The number of hydrogen-bond donors (Lipinski definition) is 1. The Morgan fingerprint density at radius 3 is 2.47 bits per heavy atom. The molecule has 0 aliphatic carbocycles. The van der Waals surface area contributed by atoms with Crippen LogP contribution in [0.15, 0.2) is 6.20 Å². The number of carboxylic acid groups (broad SMARTS) is 1. The summed E-state index contributed by atoms with van der Waals surface area (Å²) < 4.78 is 36.7. The van der Waals surface area contributed by atoms with Crippen LogP contribution in [0.3, 0.4) is 0 Å². The Hall–Kier alpha value is -1.35. The maximum absolute atomic E-state index is 12.2. The average molecular weight is 295 g/mol. The first-order chi connectivity index (χ1) is 8.85. The topological polar surface area (TPSA) is 56.7 Å². The summed E-state index contributed by atoms with van der Waals surface area (Å²) in [5.41, 5.74) is 0. The van der Waals surface area contributed by atoms with Gasteiger partial charge in [0.2, 0.25) is 0 Å². The monoisotopic (exact) mass is 295 g/mol. The number of aromatic nitrogens is 1. The normalized spacial score (nSPS) is 17.7. The number of alkyl halides is 3. The quantitative estimate of drug-likeness (QED) is 0.916. The van der Waals surface area contributed by atoms with Gasteiger partial charge in [0.1, 0.15) is 4.88 Å². The van der Waals surface area contributed by atoms with Crippen LogP contribution in [0.4, 0.5) is 18.3 Å². The summed E-state index contributed by atoms with van der Waals surface area (Å²) in [5.74, 6) is -1.04. The molecule has 1 aliphatic rings. The van der Waals surface area contributed by atoms with Gasteiger partial charge in [-0.05, 0) is 0 Å². The number of hydrogen-bond acceptors (Lipinski definition) is 5. The standard InChI is InChI=1S/C10H12F3N3O2S/c11-10(12,13)6-15-1-3-16(4-2-15)9-14-5-7(19-9)8(17)18/h5H,1-4,6H2,(H,17,18). The van der Waals surface area contributed by atoms with Crippen LogP contribution in [0.1, 0.15) is 9.67 Å². The lowest BCUT2D eigenvalue weighted by molar-refractivity contribution is -0.146. The van der Waals surface area contributed by atoms with Crippen molar-refractivity contribution in [1.82, 2.24) is 9.88 Å². The van der Waals surface area contributed by atoms with Gasteiger partial charge in [-0.2, -0.15) is 13.2 Å². The fourth-order valence-corrected chi connectivity index (χ4v) is 2.67. The summed E-state index contributed by atoms with van der Waals surface area (Å²) in [6, 6.07) is 0. The number of halogens is 3. The first kappa shape index (κ1) is 14.1. The van der Waals surface area contributed by atoms with Gasteiger partial charge in [-0.1, -0.05) is 11.3 Å². The van der Waals surface area contributed by atoms with Gasteiger partial charge in [-0.25, -0.2) is 9.78 Å². The highest BCUT2D eigenvalue weighted by Crippen LogP contribution is 2.24. The van der Waals surface area contributed by atoms with E-state index < -0.39 is 18.7 Å². The summed E-state index contributed by atoms with van der Waals surface area (Å²) in [4.78, 5) is 18.0. The molecule has 2 rings (SSSR count). The summed E-state index contributed by atoms with van der Waals surface area (Å²) in [6.07, 6.45) is -2.91. The lowest BCUT2D eigenvalue weighted by Crippen LogP contribution is -2.49. The van der Waals surface area contributed by atoms with Crippen LogP contribution < -0.4 is 4.90 Å². The minimum absolute atomic E-state index is 0.132. The SMILES string of the molecule is O=C(O)c1cnc(N2CCN(CC(F)(F)F)CC2)s1. The fraction of sp³-hybridized carbons (Fsp3) is 0.600. The highest BCUT2D eigenvalue weighted by molar-refractivity contribution is 7.17. The summed E-state index contributed by atoms with van der Waals surface area (Å²) in [7, 11) is 0. The number of carbonyl (C=O) groups is 1. The third-order valence-electron chi connectivity index (χ3n) is 2.75. The van der Waals surface area contributed by atoms with Gasteiger partial charge in [-0.15, -0.1) is 0 Å². The summed E-state index contributed by atoms with van der Waals surface area (Å²) in [6.45, 7) is 0.521. The van der Waals surface area contributed by atoms with Crippen molar-refractivity contribution >= 4 is 22.4 Å². The minimum atomic E-state index is -4.18. The predicted octanol–water partition coefficient (Wildman–Crippen LogP) is 1.53. The van der Waals surface area contributed by atoms with Crippen molar-refractivity contribution in [3.63, 3.8) is 0 Å². The first-order valence-corrected chi connectivity index (χ1v) is 6.40. The van der Waals surface area contributed by atoms with E-state index in [4.69, 9.17) is 5.11 Å². The van der Waals surface area contributed by atoms with Crippen molar-refractivity contribution in [3.8, 4) is 0 Å². The second-order valence-electron chi connectivity index (χ2n) is 4.19. The van der Waals surface area contributed by atoms with Crippen molar-refractivity contribution in [1.29, 1.82) is 0 Å². The number of rotatable bonds is 3. The molecular weight excluding hydrogens is 283 g/mol. The maximum atomic E-state index is 12.2. The Labute approximate surface area is 111 Å². The number of thiazole rings is 1. The van der Waals surface area contributed by atoms with Gasteiger partial charge in [0, 0.05) is 26.2 Å². The Balaban J connectivity index is 1.90. The van der Waals surface area contributed by atoms with Crippen molar-refractivity contribution in [2.75, 3.05) is 37.6 Å². The zero-order chi connectivity index (χ0) is 14.0. The molecule has 106 valence electrons. The highest BCUT2D eigenvalue weighted by atomic mass is 32.1. The Bertz CT molecular complexity index is 455. The second-order valence-corrected chi connectivity index (χ2v) is 5.20. The summed E-state index contributed by atoms with van der Waals surface area (Å²) >= 11 is 1.04. The van der Waals surface area contributed by atoms with E-state index in [0.717, 1.165) is 11.3 Å². The first-order valence-electron chi connectivity index (χ1n) is 5.58. The van der Waals surface area contributed by atoms with Crippen molar-refractivity contribution in [2.45, 2.75) is 6.18 Å². The van der Waals surface area contributed by atoms with E-state index in [1.165, 1.54) is 11.1 Å². The Morgan fingerprint density at radius 2 is 2.00 bits per heavy atom. The molecule has 9 heteroatoms. The number of piperazine rings is 1. The fourth-order valence-electron chi connectivity index (χ4n) is 1.86. The number of carboxylic acids is 1. The average Bonchev–Trinajstić information content (AvgIpc) is 2.77. The predicted molar refractivity (Wildman–Crippen MR) is 63.8 cm³/mol. The molecule has 5 nitrogen and oxygen atoms in total. The van der Waals surface area contributed by atoms with E-state index in [1.54, 1.807) is 0 Å². The molecule has 1 aliphatic heterocycles. The molecule has 0 saturated carbocycles. The molecule has 0 unspecified atom stereocenters. The molecule has 19 heavy (non-hydrogen) atoms. The van der Waals surface area contributed by atoms with Crippen LogP contribution in [0, 0.1) is 0 Å². The maximum Gasteiger partial charge on any atom is 0.401 e. The van der Waals surface area contributed by atoms with E-state index in [0.29, 0.717) is 31.3 Å². The largest absolute Gasteiger partial charge is 0.477 e. The highest BCUT2D eigenvalue weighted by Gasteiger charge is 2.32. The van der Waals surface area contributed by atoms with Gasteiger partial charge < -0.3 is 10.0 Å². The van der Waals surface area contributed by atoms with Crippen LogP contribution in [-0.4, -0.2) is 59.9 Å². The van der Waals surface area contributed by atoms with Crippen LogP contribution in [0.5, 0.6) is 0 Å². The Kier molecular flexibility index (Phi) is 3.95. The van der Waals surface area contributed by atoms with Gasteiger partial charge in [0.15, 0.2) is 5.13 Å². The smallest absolute Gasteiger partial charge is 0.401 e. The van der Waals surface area contributed by atoms with E-state index >= 15 is 0 Å². The van der Waals surface area contributed by atoms with Crippen molar-refractivity contribution < 1.29 is 23.1 Å². The van der Waals surface area contributed by atoms with Gasteiger partial charge in [0.25, 0.3) is 0 Å². The molecule has 2 heterocycles.